The van der Waals surface area contributed by atoms with Crippen molar-refractivity contribution in [1.82, 2.24) is 5.32 Å². The Bertz CT molecular complexity index is 440. The number of hydrogen-bond acceptors (Lipinski definition) is 4. The summed E-state index contributed by atoms with van der Waals surface area (Å²) < 4.78 is 5.15. The number of benzene rings is 1. The van der Waals surface area contributed by atoms with Crippen LogP contribution in [0.15, 0.2) is 27.6 Å². The molecule has 0 fully saturated rings. The molecule has 1 aromatic rings. The van der Waals surface area contributed by atoms with E-state index < -0.39 is 6.09 Å². The quantitative estimate of drug-likeness (QED) is 0.582. The molecule has 0 bridgehead atoms. The summed E-state index contributed by atoms with van der Waals surface area (Å²) in [5.41, 5.74) is 5.24. The van der Waals surface area contributed by atoms with E-state index in [1.807, 2.05) is 0 Å². The largest absolute Gasteiger partial charge is 0.448 e. The van der Waals surface area contributed by atoms with Crippen LogP contribution in [0.3, 0.4) is 0 Å². The van der Waals surface area contributed by atoms with Crippen LogP contribution >= 0.6 is 28.6 Å². The highest BCUT2D eigenvalue weighted by Gasteiger charge is 2.09. The zero-order chi connectivity index (χ0) is 12.8. The van der Waals surface area contributed by atoms with E-state index in [4.69, 9.17) is 5.73 Å². The van der Waals surface area contributed by atoms with Crippen LogP contribution in [0.1, 0.15) is 10.4 Å². The third-order valence-electron chi connectivity index (χ3n) is 1.83. The first-order chi connectivity index (χ1) is 8.00. The van der Waals surface area contributed by atoms with Crippen molar-refractivity contribution in [3.63, 3.8) is 0 Å². The van der Waals surface area contributed by atoms with E-state index in [0.29, 0.717) is 14.9 Å². The second-order valence-electron chi connectivity index (χ2n) is 3.09. The summed E-state index contributed by atoms with van der Waals surface area (Å²) in [6.45, 7) is 0.240. The smallest absolute Gasteiger partial charge is 0.404 e. The van der Waals surface area contributed by atoms with Crippen molar-refractivity contribution in [3.05, 3.63) is 28.2 Å². The zero-order valence-electron chi connectivity index (χ0n) is 8.77. The fraction of sp³-hybridized carbons (Fsp3) is 0.200. The zero-order valence-corrected chi connectivity index (χ0v) is 11.3. The Morgan fingerprint density at radius 2 is 2.18 bits per heavy atom. The predicted octanol–water partition coefficient (Wildman–Crippen LogP) is 1.56. The molecule has 0 aliphatic carbocycles. The van der Waals surface area contributed by atoms with Crippen molar-refractivity contribution < 1.29 is 14.3 Å². The van der Waals surface area contributed by atoms with Crippen LogP contribution in [-0.4, -0.2) is 25.2 Å². The van der Waals surface area contributed by atoms with Crippen LogP contribution < -0.4 is 11.1 Å². The Morgan fingerprint density at radius 1 is 1.47 bits per heavy atom. The van der Waals surface area contributed by atoms with E-state index in [2.05, 4.69) is 38.6 Å². The van der Waals surface area contributed by atoms with Gasteiger partial charge in [-0.05, 0) is 34.1 Å². The molecule has 0 aliphatic heterocycles. The molecule has 0 saturated carbocycles. The minimum absolute atomic E-state index is 0.0409. The molecular formula is C10H11BrN2O3S. The van der Waals surface area contributed by atoms with Gasteiger partial charge >= 0.3 is 6.09 Å². The molecule has 17 heavy (non-hydrogen) atoms. The van der Waals surface area contributed by atoms with Gasteiger partial charge in [0.2, 0.25) is 0 Å². The molecule has 0 aromatic heterocycles. The van der Waals surface area contributed by atoms with Gasteiger partial charge in [0, 0.05) is 9.37 Å². The van der Waals surface area contributed by atoms with Gasteiger partial charge in [-0.15, -0.1) is 12.6 Å². The molecule has 0 aliphatic rings. The van der Waals surface area contributed by atoms with Crippen LogP contribution in [0.25, 0.3) is 0 Å². The summed E-state index contributed by atoms with van der Waals surface area (Å²) in [6.07, 6.45) is -0.863. The van der Waals surface area contributed by atoms with Crippen molar-refractivity contribution in [2.45, 2.75) is 4.90 Å². The normalized spacial score (nSPS) is 9.76. The van der Waals surface area contributed by atoms with Crippen molar-refractivity contribution in [1.29, 1.82) is 0 Å². The Hall–Kier alpha value is -1.21. The second-order valence-corrected chi connectivity index (χ2v) is 4.46. The van der Waals surface area contributed by atoms with Gasteiger partial charge in [0.1, 0.15) is 6.61 Å². The third kappa shape index (κ3) is 4.66. The molecule has 0 heterocycles. The van der Waals surface area contributed by atoms with Crippen LogP contribution in [0, 0.1) is 0 Å². The van der Waals surface area contributed by atoms with Crippen molar-refractivity contribution in [2.24, 2.45) is 5.73 Å². The molecule has 0 spiro atoms. The second kappa shape index (κ2) is 6.51. The first-order valence-electron chi connectivity index (χ1n) is 4.69. The molecule has 7 heteroatoms. The number of thiol groups is 1. The Balaban J connectivity index is 2.52. The molecule has 2 amide bonds. The minimum Gasteiger partial charge on any atom is -0.448 e. The lowest BCUT2D eigenvalue weighted by atomic mass is 10.2. The molecule has 1 rings (SSSR count). The maximum absolute atomic E-state index is 11.7. The number of carbonyl (C=O) groups is 2. The standard InChI is InChI=1S/C10H11BrN2O3S/c11-8-2-1-6(17)5-7(8)9(14)13-3-4-16-10(12)15/h1-2,5,17H,3-4H2,(H2,12,15)(H,13,14). The number of nitrogens with one attached hydrogen (secondary N) is 1. The minimum atomic E-state index is -0.863. The van der Waals surface area contributed by atoms with E-state index in [9.17, 15) is 9.59 Å². The van der Waals surface area contributed by atoms with Gasteiger partial charge in [0.05, 0.1) is 12.1 Å². The summed E-state index contributed by atoms with van der Waals surface area (Å²) in [6, 6.07) is 5.13. The predicted molar refractivity (Wildman–Crippen MR) is 69.3 cm³/mol. The van der Waals surface area contributed by atoms with Crippen molar-refractivity contribution in [3.8, 4) is 0 Å². The SMILES string of the molecule is NC(=O)OCCNC(=O)c1cc(S)ccc1Br. The monoisotopic (exact) mass is 318 g/mol. The number of carbonyl (C=O) groups excluding carboxylic acids is 2. The number of rotatable bonds is 4. The average Bonchev–Trinajstić information content (AvgIpc) is 2.27. The molecular weight excluding hydrogens is 308 g/mol. The van der Waals surface area contributed by atoms with Crippen LogP contribution in [0.4, 0.5) is 4.79 Å². The highest BCUT2D eigenvalue weighted by atomic mass is 79.9. The van der Waals surface area contributed by atoms with Crippen LogP contribution in [-0.2, 0) is 4.74 Å². The lowest BCUT2D eigenvalue weighted by Crippen LogP contribution is -2.29. The van der Waals surface area contributed by atoms with E-state index in [-0.39, 0.29) is 19.1 Å². The molecule has 92 valence electrons. The molecule has 0 radical (unpaired) electrons. The maximum Gasteiger partial charge on any atom is 0.404 e. The van der Waals surface area contributed by atoms with E-state index in [1.54, 1.807) is 18.2 Å². The summed E-state index contributed by atoms with van der Waals surface area (Å²) in [7, 11) is 0. The molecule has 0 unspecified atom stereocenters. The van der Waals surface area contributed by atoms with Crippen LogP contribution in [0.5, 0.6) is 0 Å². The number of ether oxygens (including phenoxy) is 1. The summed E-state index contributed by atoms with van der Waals surface area (Å²) in [4.78, 5) is 22.7. The maximum atomic E-state index is 11.7. The molecule has 0 saturated heterocycles. The topological polar surface area (TPSA) is 81.4 Å². The third-order valence-corrected chi connectivity index (χ3v) is 2.80. The van der Waals surface area contributed by atoms with Crippen LogP contribution in [0.2, 0.25) is 0 Å². The van der Waals surface area contributed by atoms with Crippen molar-refractivity contribution in [2.75, 3.05) is 13.2 Å². The number of hydrogen-bond donors (Lipinski definition) is 3. The van der Waals surface area contributed by atoms with Gasteiger partial charge in [0.25, 0.3) is 5.91 Å². The number of amides is 2. The average molecular weight is 319 g/mol. The number of primary amides is 1. The Kier molecular flexibility index (Phi) is 5.30. The summed E-state index contributed by atoms with van der Waals surface area (Å²) in [5, 5.41) is 2.59. The molecule has 0 atom stereocenters. The highest BCUT2D eigenvalue weighted by molar-refractivity contribution is 9.10. The van der Waals surface area contributed by atoms with E-state index in [0.717, 1.165) is 0 Å². The first kappa shape index (κ1) is 13.9. The van der Waals surface area contributed by atoms with E-state index in [1.165, 1.54) is 0 Å². The van der Waals surface area contributed by atoms with Gasteiger partial charge in [-0.2, -0.15) is 0 Å². The lowest BCUT2D eigenvalue weighted by molar-refractivity contribution is 0.0936. The van der Waals surface area contributed by atoms with Gasteiger partial charge < -0.3 is 15.8 Å². The fourth-order valence-corrected chi connectivity index (χ4v) is 1.73. The Labute approximate surface area is 112 Å². The first-order valence-corrected chi connectivity index (χ1v) is 5.93. The van der Waals surface area contributed by atoms with Crippen molar-refractivity contribution >= 4 is 40.6 Å². The van der Waals surface area contributed by atoms with Gasteiger partial charge in [0.15, 0.2) is 0 Å². The number of halogens is 1. The Morgan fingerprint density at radius 3 is 2.82 bits per heavy atom. The molecule has 1 aromatic carbocycles. The van der Waals surface area contributed by atoms with Gasteiger partial charge in [-0.25, -0.2) is 4.79 Å². The highest BCUT2D eigenvalue weighted by Crippen LogP contribution is 2.19. The van der Waals surface area contributed by atoms with E-state index >= 15 is 0 Å². The van der Waals surface area contributed by atoms with Gasteiger partial charge in [-0.3, -0.25) is 4.79 Å². The lowest BCUT2D eigenvalue weighted by Gasteiger charge is -2.07. The summed E-state index contributed by atoms with van der Waals surface area (Å²) in [5.74, 6) is -0.277. The summed E-state index contributed by atoms with van der Waals surface area (Å²) >= 11 is 7.41. The van der Waals surface area contributed by atoms with Gasteiger partial charge in [-0.1, -0.05) is 0 Å². The molecule has 5 nitrogen and oxygen atoms in total. The number of nitrogens with two attached hydrogens (primary N) is 1. The fourth-order valence-electron chi connectivity index (χ4n) is 1.10. The molecule has 3 N–H and O–H groups in total.